The molecule has 1 N–H and O–H groups in total. The lowest BCUT2D eigenvalue weighted by molar-refractivity contribution is 0.100. The molecule has 15 heavy (non-hydrogen) atoms. The van der Waals surface area contributed by atoms with Gasteiger partial charge in [0.2, 0.25) is 0 Å². The molecule has 2 rings (SSSR count). The van der Waals surface area contributed by atoms with E-state index in [-0.39, 0.29) is 5.78 Å². The molecule has 1 aromatic heterocycles. The Kier molecular flexibility index (Phi) is 2.49. The van der Waals surface area contributed by atoms with Gasteiger partial charge in [0, 0.05) is 19.3 Å². The average molecular weight is 201 g/mol. The van der Waals surface area contributed by atoms with E-state index in [0.717, 1.165) is 5.69 Å². The quantitative estimate of drug-likeness (QED) is 0.772. The molecule has 76 valence electrons. The van der Waals surface area contributed by atoms with Crippen LogP contribution >= 0.6 is 0 Å². The van der Waals surface area contributed by atoms with Crippen LogP contribution in [-0.2, 0) is 0 Å². The lowest BCUT2D eigenvalue weighted by Crippen LogP contribution is -2.14. The molecule has 1 aromatic carbocycles. The number of para-hydroxylation sites is 1. The molecule has 0 unspecified atom stereocenters. The number of carbonyl (C=O) groups is 1. The predicted molar refractivity (Wildman–Crippen MR) is 57.7 cm³/mol. The molecule has 2 aromatic rings. The van der Waals surface area contributed by atoms with Gasteiger partial charge in [0.1, 0.15) is 0 Å². The monoisotopic (exact) mass is 201 g/mol. The number of nitrogens with zero attached hydrogens (tertiary/aromatic N) is 2. The number of nitrogens with one attached hydrogen (secondary N) is 1. The van der Waals surface area contributed by atoms with E-state index >= 15 is 0 Å². The van der Waals surface area contributed by atoms with Crippen molar-refractivity contribution in [2.24, 2.45) is 0 Å². The van der Waals surface area contributed by atoms with Gasteiger partial charge in [0.15, 0.2) is 11.6 Å². The number of hydrogen-bond acceptors (Lipinski definition) is 3. The fourth-order valence-electron chi connectivity index (χ4n) is 1.31. The number of carbonyl (C=O) groups excluding carboxylic acids is 1. The number of ketones is 1. The van der Waals surface area contributed by atoms with Crippen LogP contribution in [0.3, 0.4) is 0 Å². The van der Waals surface area contributed by atoms with Crippen LogP contribution in [0, 0.1) is 0 Å². The van der Waals surface area contributed by atoms with Gasteiger partial charge in [-0.2, -0.15) is 0 Å². The first-order valence-electron chi connectivity index (χ1n) is 4.64. The van der Waals surface area contributed by atoms with Gasteiger partial charge in [-0.1, -0.05) is 18.2 Å². The Bertz CT molecular complexity index is 462. The zero-order valence-corrected chi connectivity index (χ0v) is 8.34. The first-order valence-corrected chi connectivity index (χ1v) is 4.64. The smallest absolute Gasteiger partial charge is 0.196 e. The molecule has 4 heteroatoms. The van der Waals surface area contributed by atoms with Crippen LogP contribution in [0.2, 0.25) is 0 Å². The second-order valence-electron chi connectivity index (χ2n) is 3.15. The first kappa shape index (κ1) is 9.45. The van der Waals surface area contributed by atoms with E-state index in [1.165, 1.54) is 6.92 Å². The van der Waals surface area contributed by atoms with Gasteiger partial charge in [-0.15, -0.1) is 0 Å². The average Bonchev–Trinajstić information content (AvgIpc) is 2.67. The minimum absolute atomic E-state index is 0.0663. The summed E-state index contributed by atoms with van der Waals surface area (Å²) in [6.45, 7) is 1.49. The van der Waals surface area contributed by atoms with Crippen LogP contribution in [0.1, 0.15) is 17.5 Å². The fraction of sp³-hybridized carbons (Fsp3) is 0.0909. The third-order valence-corrected chi connectivity index (χ3v) is 1.98. The molecular weight excluding hydrogens is 190 g/mol. The molecule has 0 atom stereocenters. The zero-order valence-electron chi connectivity index (χ0n) is 8.34. The Morgan fingerprint density at radius 3 is 2.73 bits per heavy atom. The summed E-state index contributed by atoms with van der Waals surface area (Å²) in [4.78, 5) is 15.2. The molecular formula is C11H11N3O. The standard InChI is InChI=1S/C11H11N3O/c1-9(15)11-12-7-8-14(11)13-10-5-3-2-4-6-10/h2-8,13H,1H3. The van der Waals surface area contributed by atoms with Crippen molar-refractivity contribution < 1.29 is 4.79 Å². The number of Topliss-reactive ketones (excluding diaryl/α,β-unsaturated/α-hetero) is 1. The maximum Gasteiger partial charge on any atom is 0.196 e. The van der Waals surface area contributed by atoms with Crippen LogP contribution in [-0.4, -0.2) is 15.4 Å². The maximum atomic E-state index is 11.2. The van der Waals surface area contributed by atoms with Crippen LogP contribution in [0.4, 0.5) is 5.69 Å². The zero-order chi connectivity index (χ0) is 10.7. The summed E-state index contributed by atoms with van der Waals surface area (Å²) in [5.74, 6) is 0.335. The molecule has 0 aliphatic heterocycles. The van der Waals surface area contributed by atoms with E-state index < -0.39 is 0 Å². The van der Waals surface area contributed by atoms with Crippen molar-refractivity contribution in [1.82, 2.24) is 9.66 Å². The van der Waals surface area contributed by atoms with Crippen LogP contribution < -0.4 is 5.43 Å². The van der Waals surface area contributed by atoms with Crippen LogP contribution in [0.15, 0.2) is 42.7 Å². The second kappa shape index (κ2) is 3.96. The van der Waals surface area contributed by atoms with Gasteiger partial charge in [-0.3, -0.25) is 10.2 Å². The summed E-state index contributed by atoms with van der Waals surface area (Å²) in [5.41, 5.74) is 3.98. The van der Waals surface area contributed by atoms with E-state index in [0.29, 0.717) is 5.82 Å². The molecule has 0 saturated carbocycles. The Balaban J connectivity index is 2.25. The van der Waals surface area contributed by atoms with Crippen LogP contribution in [0.25, 0.3) is 0 Å². The minimum Gasteiger partial charge on any atom is -0.293 e. The highest BCUT2D eigenvalue weighted by Crippen LogP contribution is 2.07. The number of rotatable bonds is 3. The summed E-state index contributed by atoms with van der Waals surface area (Å²) < 4.78 is 1.61. The third kappa shape index (κ3) is 2.04. The molecule has 0 aliphatic rings. The lowest BCUT2D eigenvalue weighted by atomic mass is 10.3. The third-order valence-electron chi connectivity index (χ3n) is 1.98. The number of aromatic nitrogens is 2. The highest BCUT2D eigenvalue weighted by molar-refractivity contribution is 5.90. The van der Waals surface area contributed by atoms with Gasteiger partial charge >= 0.3 is 0 Å². The Labute approximate surface area is 87.5 Å². The highest BCUT2D eigenvalue weighted by atomic mass is 16.1. The largest absolute Gasteiger partial charge is 0.293 e. The van der Waals surface area contributed by atoms with E-state index in [9.17, 15) is 4.79 Å². The Hall–Kier alpha value is -2.10. The summed E-state index contributed by atoms with van der Waals surface area (Å²) in [6.07, 6.45) is 3.30. The normalized spacial score (nSPS) is 9.93. The van der Waals surface area contributed by atoms with Crippen molar-refractivity contribution in [1.29, 1.82) is 0 Å². The van der Waals surface area contributed by atoms with Crippen molar-refractivity contribution in [2.45, 2.75) is 6.92 Å². The molecule has 0 aliphatic carbocycles. The number of imidazole rings is 1. The van der Waals surface area contributed by atoms with Gasteiger partial charge in [0.05, 0.1) is 5.69 Å². The number of anilines is 1. The van der Waals surface area contributed by atoms with Crippen molar-refractivity contribution in [3.05, 3.63) is 48.5 Å². The molecule has 0 fully saturated rings. The Morgan fingerprint density at radius 2 is 2.07 bits per heavy atom. The summed E-state index contributed by atoms with van der Waals surface area (Å²) in [7, 11) is 0. The van der Waals surface area contributed by atoms with E-state index in [2.05, 4.69) is 10.4 Å². The van der Waals surface area contributed by atoms with Crippen molar-refractivity contribution >= 4 is 11.5 Å². The highest BCUT2D eigenvalue weighted by Gasteiger charge is 2.06. The van der Waals surface area contributed by atoms with E-state index in [4.69, 9.17) is 0 Å². The molecule has 0 amide bonds. The van der Waals surface area contributed by atoms with Gasteiger partial charge in [0.25, 0.3) is 0 Å². The molecule has 0 radical (unpaired) electrons. The minimum atomic E-state index is -0.0663. The van der Waals surface area contributed by atoms with Crippen molar-refractivity contribution in [3.63, 3.8) is 0 Å². The molecule has 0 bridgehead atoms. The van der Waals surface area contributed by atoms with E-state index in [1.807, 2.05) is 30.3 Å². The lowest BCUT2D eigenvalue weighted by Gasteiger charge is -2.08. The second-order valence-corrected chi connectivity index (χ2v) is 3.15. The van der Waals surface area contributed by atoms with Crippen molar-refractivity contribution in [2.75, 3.05) is 5.43 Å². The number of hydrogen-bond donors (Lipinski definition) is 1. The van der Waals surface area contributed by atoms with Crippen LogP contribution in [0.5, 0.6) is 0 Å². The molecule has 1 heterocycles. The topological polar surface area (TPSA) is 46.9 Å². The SMILES string of the molecule is CC(=O)c1nccn1Nc1ccccc1. The molecule has 4 nitrogen and oxygen atoms in total. The molecule has 0 spiro atoms. The predicted octanol–water partition coefficient (Wildman–Crippen LogP) is 1.96. The maximum absolute atomic E-state index is 11.2. The summed E-state index contributed by atoms with van der Waals surface area (Å²) in [5, 5.41) is 0. The summed E-state index contributed by atoms with van der Waals surface area (Å²) >= 11 is 0. The van der Waals surface area contributed by atoms with E-state index in [1.54, 1.807) is 17.1 Å². The summed E-state index contributed by atoms with van der Waals surface area (Å²) in [6, 6.07) is 9.62. The fourth-order valence-corrected chi connectivity index (χ4v) is 1.31. The van der Waals surface area contributed by atoms with Gasteiger partial charge < -0.3 is 0 Å². The van der Waals surface area contributed by atoms with Gasteiger partial charge in [-0.05, 0) is 12.1 Å². The first-order chi connectivity index (χ1) is 7.27. The molecule has 0 saturated heterocycles. The Morgan fingerprint density at radius 1 is 1.33 bits per heavy atom. The van der Waals surface area contributed by atoms with Crippen molar-refractivity contribution in [3.8, 4) is 0 Å². The van der Waals surface area contributed by atoms with Gasteiger partial charge in [-0.25, -0.2) is 9.66 Å². The number of benzene rings is 1.